The lowest BCUT2D eigenvalue weighted by atomic mass is 10.1. The van der Waals surface area contributed by atoms with Crippen LogP contribution in [0, 0.1) is 0 Å². The second-order valence-corrected chi connectivity index (χ2v) is 6.85. The third kappa shape index (κ3) is 3.37. The number of rotatable bonds is 6. The van der Waals surface area contributed by atoms with E-state index in [2.05, 4.69) is 28.9 Å². The van der Waals surface area contributed by atoms with Crippen molar-refractivity contribution in [1.82, 2.24) is 14.8 Å². The van der Waals surface area contributed by atoms with Gasteiger partial charge >= 0.3 is 0 Å². The minimum Gasteiger partial charge on any atom is -0.493 e. The van der Waals surface area contributed by atoms with Crippen molar-refractivity contribution in [3.8, 4) is 17.2 Å². The molecule has 2 heterocycles. The number of aromatic amines is 1. The van der Waals surface area contributed by atoms with Gasteiger partial charge in [0, 0.05) is 36.1 Å². The lowest BCUT2D eigenvalue weighted by molar-refractivity contribution is 0.233. The predicted molar refractivity (Wildman–Crippen MR) is 102 cm³/mol. The average molecular weight is 361 g/mol. The van der Waals surface area contributed by atoms with Crippen molar-refractivity contribution in [1.29, 1.82) is 0 Å². The van der Waals surface area contributed by atoms with Crippen LogP contribution in [0.1, 0.15) is 12.0 Å². The molecule has 142 valence electrons. The number of aromatic nitrogens is 1. The van der Waals surface area contributed by atoms with Crippen LogP contribution in [0.15, 0.2) is 16.9 Å². The molecule has 1 N–H and O–H groups in total. The number of fused-ring (bicyclic) bond motifs is 1. The van der Waals surface area contributed by atoms with Crippen LogP contribution in [0.3, 0.4) is 0 Å². The highest BCUT2D eigenvalue weighted by Crippen LogP contribution is 2.42. The van der Waals surface area contributed by atoms with Gasteiger partial charge in [0.2, 0.25) is 5.75 Å². The highest BCUT2D eigenvalue weighted by atomic mass is 16.5. The molecule has 0 spiro atoms. The summed E-state index contributed by atoms with van der Waals surface area (Å²) < 4.78 is 16.4. The van der Waals surface area contributed by atoms with Gasteiger partial charge in [0.15, 0.2) is 11.5 Å². The Balaban J connectivity index is 2.02. The maximum absolute atomic E-state index is 12.6. The van der Waals surface area contributed by atoms with Gasteiger partial charge in [-0.1, -0.05) is 0 Å². The fourth-order valence-corrected chi connectivity index (χ4v) is 3.65. The maximum atomic E-state index is 12.6. The number of hydrogen-bond donors (Lipinski definition) is 1. The Labute approximate surface area is 153 Å². The molecule has 1 aliphatic heterocycles. The number of nitrogens with one attached hydrogen (secondary N) is 1. The first kappa shape index (κ1) is 18.5. The normalized spacial score (nSPS) is 17.8. The number of benzene rings is 1. The molecular weight excluding hydrogens is 334 g/mol. The van der Waals surface area contributed by atoms with E-state index in [0.717, 1.165) is 24.9 Å². The number of hydrogen-bond acceptors (Lipinski definition) is 6. The fourth-order valence-electron chi connectivity index (χ4n) is 3.65. The first-order valence-corrected chi connectivity index (χ1v) is 8.72. The molecule has 0 radical (unpaired) electrons. The Bertz CT molecular complexity index is 849. The molecule has 2 aromatic rings. The number of likely N-dealkylation sites (N-methyl/N-ethyl adjacent to an activating group) is 2. The summed E-state index contributed by atoms with van der Waals surface area (Å²) in [5.74, 6) is 1.60. The predicted octanol–water partition coefficient (Wildman–Crippen LogP) is 1.69. The third-order valence-electron chi connectivity index (χ3n) is 5.14. The number of pyridine rings is 1. The molecule has 1 atom stereocenters. The van der Waals surface area contributed by atoms with E-state index >= 15 is 0 Å². The molecule has 1 saturated heterocycles. The van der Waals surface area contributed by atoms with Crippen molar-refractivity contribution >= 4 is 10.9 Å². The lowest BCUT2D eigenvalue weighted by Crippen LogP contribution is -2.34. The fraction of sp³-hybridized carbons (Fsp3) is 0.526. The van der Waals surface area contributed by atoms with Gasteiger partial charge in [-0.25, -0.2) is 0 Å². The van der Waals surface area contributed by atoms with Crippen LogP contribution in [-0.2, 0) is 6.54 Å². The Morgan fingerprint density at radius 3 is 2.50 bits per heavy atom. The van der Waals surface area contributed by atoms with Crippen molar-refractivity contribution in [3.63, 3.8) is 0 Å². The van der Waals surface area contributed by atoms with Crippen LogP contribution in [0.2, 0.25) is 0 Å². The maximum Gasteiger partial charge on any atom is 0.252 e. The van der Waals surface area contributed by atoms with Crippen LogP contribution in [0.4, 0.5) is 0 Å². The monoisotopic (exact) mass is 361 g/mol. The Kier molecular flexibility index (Phi) is 5.38. The van der Waals surface area contributed by atoms with Gasteiger partial charge in [0.25, 0.3) is 5.56 Å². The van der Waals surface area contributed by atoms with E-state index in [0.29, 0.717) is 40.9 Å². The smallest absolute Gasteiger partial charge is 0.252 e. The Morgan fingerprint density at radius 1 is 1.19 bits per heavy atom. The van der Waals surface area contributed by atoms with Gasteiger partial charge in [-0.05, 0) is 33.1 Å². The second kappa shape index (κ2) is 7.55. The summed E-state index contributed by atoms with van der Waals surface area (Å²) in [7, 11) is 8.91. The van der Waals surface area contributed by atoms with Gasteiger partial charge in [0.05, 0.1) is 26.8 Å². The molecule has 26 heavy (non-hydrogen) atoms. The van der Waals surface area contributed by atoms with Crippen molar-refractivity contribution in [2.24, 2.45) is 0 Å². The van der Waals surface area contributed by atoms with Crippen LogP contribution < -0.4 is 19.8 Å². The van der Waals surface area contributed by atoms with E-state index in [9.17, 15) is 4.79 Å². The topological polar surface area (TPSA) is 67.0 Å². The molecule has 1 aliphatic rings. The van der Waals surface area contributed by atoms with E-state index in [-0.39, 0.29) is 5.56 Å². The molecule has 3 rings (SSSR count). The van der Waals surface area contributed by atoms with Crippen LogP contribution in [0.25, 0.3) is 10.9 Å². The Morgan fingerprint density at radius 2 is 1.92 bits per heavy atom. The molecular formula is C19H27N3O4. The van der Waals surface area contributed by atoms with Crippen molar-refractivity contribution in [3.05, 3.63) is 28.0 Å². The zero-order valence-corrected chi connectivity index (χ0v) is 16.1. The summed E-state index contributed by atoms with van der Waals surface area (Å²) in [6.07, 6.45) is 1.12. The average Bonchev–Trinajstić information content (AvgIpc) is 3.07. The van der Waals surface area contributed by atoms with Gasteiger partial charge in [-0.3, -0.25) is 9.69 Å². The molecule has 1 fully saturated rings. The standard InChI is InChI=1S/C19H27N3O4/c1-21-7-6-13(11-21)22(2)10-12-8-14-15(20-19(12)23)9-16(24-3)18(26-5)17(14)25-4/h8-9,13H,6-7,10-11H2,1-5H3,(H,20,23)/t13-/m1/s1. The van der Waals surface area contributed by atoms with Crippen molar-refractivity contribution < 1.29 is 14.2 Å². The van der Waals surface area contributed by atoms with E-state index in [1.54, 1.807) is 27.4 Å². The van der Waals surface area contributed by atoms with E-state index in [4.69, 9.17) is 14.2 Å². The number of methoxy groups -OCH3 is 3. The van der Waals surface area contributed by atoms with Gasteiger partial charge in [-0.15, -0.1) is 0 Å². The van der Waals surface area contributed by atoms with Crippen LogP contribution in [0.5, 0.6) is 17.2 Å². The summed E-state index contributed by atoms with van der Waals surface area (Å²) in [6.45, 7) is 2.70. The van der Waals surface area contributed by atoms with Crippen LogP contribution >= 0.6 is 0 Å². The van der Waals surface area contributed by atoms with E-state index < -0.39 is 0 Å². The molecule has 0 aliphatic carbocycles. The van der Waals surface area contributed by atoms with Crippen LogP contribution in [-0.4, -0.2) is 69.3 Å². The summed E-state index contributed by atoms with van der Waals surface area (Å²) in [6, 6.07) is 4.11. The molecule has 0 bridgehead atoms. The summed E-state index contributed by atoms with van der Waals surface area (Å²) >= 11 is 0. The number of H-pyrrole nitrogens is 1. The number of likely N-dealkylation sites (tertiary alicyclic amines) is 1. The summed E-state index contributed by atoms with van der Waals surface area (Å²) in [5.41, 5.74) is 1.28. The highest BCUT2D eigenvalue weighted by molar-refractivity contribution is 5.90. The zero-order valence-electron chi connectivity index (χ0n) is 16.1. The van der Waals surface area contributed by atoms with Gasteiger partial charge in [-0.2, -0.15) is 0 Å². The molecule has 0 amide bonds. The van der Waals surface area contributed by atoms with Gasteiger partial charge in [0.1, 0.15) is 0 Å². The molecule has 1 aromatic heterocycles. The van der Waals surface area contributed by atoms with E-state index in [1.807, 2.05) is 6.07 Å². The van der Waals surface area contributed by atoms with Gasteiger partial charge < -0.3 is 24.1 Å². The molecule has 7 nitrogen and oxygen atoms in total. The minimum atomic E-state index is -0.0926. The molecule has 0 saturated carbocycles. The minimum absolute atomic E-state index is 0.0926. The molecule has 0 unspecified atom stereocenters. The second-order valence-electron chi connectivity index (χ2n) is 6.85. The largest absolute Gasteiger partial charge is 0.493 e. The Hall–Kier alpha value is -2.25. The first-order chi connectivity index (χ1) is 12.5. The SMILES string of the molecule is COc1cc2[nH]c(=O)c(CN(C)[C@@H]3CCN(C)C3)cc2c(OC)c1OC. The molecule has 1 aromatic carbocycles. The number of nitrogens with zero attached hydrogens (tertiary/aromatic N) is 2. The summed E-state index contributed by atoms with van der Waals surface area (Å²) in [5, 5.41) is 0.802. The van der Waals surface area contributed by atoms with E-state index in [1.165, 1.54) is 0 Å². The first-order valence-electron chi connectivity index (χ1n) is 8.72. The van der Waals surface area contributed by atoms with Crippen molar-refractivity contribution in [2.45, 2.75) is 19.0 Å². The lowest BCUT2D eigenvalue weighted by Gasteiger charge is -2.24. The quantitative estimate of drug-likeness (QED) is 0.845. The molecule has 7 heteroatoms. The third-order valence-corrected chi connectivity index (χ3v) is 5.14. The zero-order chi connectivity index (χ0) is 18.8. The summed E-state index contributed by atoms with van der Waals surface area (Å²) in [4.78, 5) is 20.1. The highest BCUT2D eigenvalue weighted by Gasteiger charge is 2.24. The van der Waals surface area contributed by atoms with Crippen molar-refractivity contribution in [2.75, 3.05) is 48.5 Å². The number of ether oxygens (including phenoxy) is 3.